The molecule has 4 fully saturated rings. The fourth-order valence-corrected chi connectivity index (χ4v) is 7.77. The van der Waals surface area contributed by atoms with Crippen molar-refractivity contribution in [2.24, 2.45) is 11.8 Å². The topological polar surface area (TPSA) is 40.6 Å². The van der Waals surface area contributed by atoms with E-state index in [9.17, 15) is 9.59 Å². The molecule has 4 aliphatic rings. The van der Waals surface area contributed by atoms with Crippen LogP contribution < -0.4 is 0 Å². The molecule has 2 saturated heterocycles. The number of nitrogens with zero attached hydrogens (tertiary/aromatic N) is 2. The molecule has 4 unspecified atom stereocenters. The van der Waals surface area contributed by atoms with Gasteiger partial charge in [0.05, 0.1) is 0 Å². The molecule has 2 amide bonds. The summed E-state index contributed by atoms with van der Waals surface area (Å²) >= 11 is 0. The highest BCUT2D eigenvalue weighted by molar-refractivity contribution is 5.77. The minimum Gasteiger partial charge on any atom is -0.339 e. The van der Waals surface area contributed by atoms with Crippen LogP contribution in [0.25, 0.3) is 0 Å². The van der Waals surface area contributed by atoms with Gasteiger partial charge in [0.25, 0.3) is 0 Å². The lowest BCUT2D eigenvalue weighted by Crippen LogP contribution is -2.49. The number of likely N-dealkylation sites (tertiary alicyclic amines) is 2. The fourth-order valence-electron chi connectivity index (χ4n) is 7.77. The Morgan fingerprint density at radius 2 is 0.824 bits per heavy atom. The molecule has 4 nitrogen and oxygen atoms in total. The Labute approximate surface area is 209 Å². The number of carbonyl (C=O) groups excluding carboxylic acids is 2. The molecule has 0 spiro atoms. The van der Waals surface area contributed by atoms with Gasteiger partial charge in [0.1, 0.15) is 0 Å². The molecule has 0 aromatic rings. The third kappa shape index (κ3) is 7.23. The molecular weight excluding hydrogens is 420 g/mol. The number of hydrogen-bond acceptors (Lipinski definition) is 2. The molecule has 0 bridgehead atoms. The monoisotopic (exact) mass is 472 g/mol. The van der Waals surface area contributed by atoms with E-state index in [1.165, 1.54) is 116 Å². The van der Waals surface area contributed by atoms with Gasteiger partial charge < -0.3 is 9.80 Å². The zero-order valence-corrected chi connectivity index (χ0v) is 22.0. The van der Waals surface area contributed by atoms with E-state index in [1.807, 2.05) is 0 Å². The zero-order valence-electron chi connectivity index (χ0n) is 22.0. The quantitative estimate of drug-likeness (QED) is 0.297. The van der Waals surface area contributed by atoms with E-state index in [-0.39, 0.29) is 0 Å². The summed E-state index contributed by atoms with van der Waals surface area (Å²) in [5.41, 5.74) is 0. The van der Waals surface area contributed by atoms with Gasteiger partial charge in [-0.1, -0.05) is 64.2 Å². The predicted molar refractivity (Wildman–Crippen MR) is 140 cm³/mol. The van der Waals surface area contributed by atoms with Crippen molar-refractivity contribution in [3.63, 3.8) is 0 Å². The number of carbonyl (C=O) groups is 2. The molecule has 34 heavy (non-hydrogen) atoms. The fraction of sp³-hybridized carbons (Fsp3) is 0.933. The van der Waals surface area contributed by atoms with Crippen molar-refractivity contribution in [3.05, 3.63) is 0 Å². The Morgan fingerprint density at radius 3 is 1.26 bits per heavy atom. The Morgan fingerprint density at radius 1 is 0.471 bits per heavy atom. The van der Waals surface area contributed by atoms with Crippen LogP contribution in [0.4, 0.5) is 0 Å². The van der Waals surface area contributed by atoms with Crippen LogP contribution in [0.3, 0.4) is 0 Å². The van der Waals surface area contributed by atoms with Gasteiger partial charge in [-0.15, -0.1) is 0 Å². The van der Waals surface area contributed by atoms with Gasteiger partial charge >= 0.3 is 0 Å². The summed E-state index contributed by atoms with van der Waals surface area (Å²) in [6, 6.07) is 1.14. The van der Waals surface area contributed by atoms with Crippen molar-refractivity contribution in [2.45, 2.75) is 153 Å². The van der Waals surface area contributed by atoms with E-state index < -0.39 is 0 Å². The number of rotatable bonds is 11. The first-order valence-electron chi connectivity index (χ1n) is 15.3. The first-order chi connectivity index (χ1) is 16.7. The minimum absolute atomic E-state index is 0.439. The molecule has 0 N–H and O–H groups in total. The van der Waals surface area contributed by atoms with Crippen molar-refractivity contribution in [1.29, 1.82) is 0 Å². The lowest BCUT2D eigenvalue weighted by Gasteiger charge is -2.44. The van der Waals surface area contributed by atoms with E-state index >= 15 is 0 Å². The smallest absolute Gasteiger partial charge is 0.222 e. The van der Waals surface area contributed by atoms with Gasteiger partial charge in [-0.25, -0.2) is 0 Å². The second-order valence-corrected chi connectivity index (χ2v) is 12.0. The maximum absolute atomic E-state index is 12.8. The summed E-state index contributed by atoms with van der Waals surface area (Å²) in [6.45, 7) is 2.03. The lowest BCUT2D eigenvalue weighted by atomic mass is 9.78. The standard InChI is InChI=1S/C30H52N2O2/c33-29(31-23-13-17-25-15-9-11-19-27(25)31)21-7-5-3-1-2-4-6-8-22-30(34)32-24-14-18-26-16-10-12-20-28(26)32/h25-28H,1-24H2. The summed E-state index contributed by atoms with van der Waals surface area (Å²) in [4.78, 5) is 30.1. The number of fused-ring (bicyclic) bond motifs is 2. The summed E-state index contributed by atoms with van der Waals surface area (Å²) in [6.07, 6.45) is 26.9. The van der Waals surface area contributed by atoms with E-state index in [0.717, 1.165) is 50.6 Å². The lowest BCUT2D eigenvalue weighted by molar-refractivity contribution is -0.138. The first-order valence-corrected chi connectivity index (χ1v) is 15.3. The Kier molecular flexibility index (Phi) is 10.6. The second kappa shape index (κ2) is 13.9. The number of piperidine rings is 2. The molecule has 194 valence electrons. The highest BCUT2D eigenvalue weighted by Crippen LogP contribution is 2.36. The zero-order chi connectivity index (χ0) is 23.6. The van der Waals surface area contributed by atoms with Crippen LogP contribution in [0.5, 0.6) is 0 Å². The number of hydrogen-bond donors (Lipinski definition) is 0. The molecule has 0 radical (unpaired) electrons. The summed E-state index contributed by atoms with van der Waals surface area (Å²) in [5, 5.41) is 0. The Hall–Kier alpha value is -1.06. The molecular formula is C30H52N2O2. The normalized spacial score (nSPS) is 29.4. The van der Waals surface area contributed by atoms with E-state index in [2.05, 4.69) is 9.80 Å². The van der Waals surface area contributed by atoms with Crippen molar-refractivity contribution in [2.75, 3.05) is 13.1 Å². The van der Waals surface area contributed by atoms with Gasteiger partial charge in [0, 0.05) is 38.0 Å². The van der Waals surface area contributed by atoms with Crippen LogP contribution in [0.15, 0.2) is 0 Å². The molecule has 4 heteroatoms. The maximum Gasteiger partial charge on any atom is 0.222 e. The highest BCUT2D eigenvalue weighted by Gasteiger charge is 2.36. The second-order valence-electron chi connectivity index (χ2n) is 12.0. The summed E-state index contributed by atoms with van der Waals surface area (Å²) in [7, 11) is 0. The number of unbranched alkanes of at least 4 members (excludes halogenated alkanes) is 7. The molecule has 2 aliphatic carbocycles. The van der Waals surface area contributed by atoms with E-state index in [1.54, 1.807) is 0 Å². The average Bonchev–Trinajstić information content (AvgIpc) is 2.88. The SMILES string of the molecule is O=C(CCCCCCCCCCC(=O)N1CCCC2CCCCC21)N1CCCC2CCCCC21. The molecule has 0 aromatic carbocycles. The molecule has 4 atom stereocenters. The molecule has 0 aromatic heterocycles. The largest absolute Gasteiger partial charge is 0.339 e. The first kappa shape index (κ1) is 26.0. The van der Waals surface area contributed by atoms with Crippen LogP contribution >= 0.6 is 0 Å². The summed E-state index contributed by atoms with van der Waals surface area (Å²) < 4.78 is 0. The van der Waals surface area contributed by atoms with Crippen LogP contribution in [0, 0.1) is 11.8 Å². The van der Waals surface area contributed by atoms with Crippen molar-refractivity contribution in [3.8, 4) is 0 Å². The third-order valence-electron chi connectivity index (χ3n) is 9.66. The van der Waals surface area contributed by atoms with Crippen LogP contribution in [-0.2, 0) is 9.59 Å². The van der Waals surface area contributed by atoms with E-state index in [4.69, 9.17) is 0 Å². The third-order valence-corrected chi connectivity index (χ3v) is 9.66. The van der Waals surface area contributed by atoms with Gasteiger partial charge in [-0.2, -0.15) is 0 Å². The van der Waals surface area contributed by atoms with Gasteiger partial charge in [-0.05, 0) is 76.0 Å². The average molecular weight is 473 g/mol. The van der Waals surface area contributed by atoms with E-state index in [0.29, 0.717) is 23.9 Å². The van der Waals surface area contributed by atoms with Crippen LogP contribution in [0.2, 0.25) is 0 Å². The van der Waals surface area contributed by atoms with Gasteiger partial charge in [0.2, 0.25) is 11.8 Å². The van der Waals surface area contributed by atoms with Crippen LogP contribution in [-0.4, -0.2) is 46.8 Å². The van der Waals surface area contributed by atoms with Gasteiger partial charge in [-0.3, -0.25) is 9.59 Å². The molecule has 2 saturated carbocycles. The molecule has 2 heterocycles. The van der Waals surface area contributed by atoms with Gasteiger partial charge in [0.15, 0.2) is 0 Å². The molecule has 4 rings (SSSR count). The highest BCUT2D eigenvalue weighted by atomic mass is 16.2. The Balaban J connectivity index is 0.993. The maximum atomic E-state index is 12.8. The van der Waals surface area contributed by atoms with Crippen LogP contribution in [0.1, 0.15) is 141 Å². The summed E-state index contributed by atoms with van der Waals surface area (Å²) in [5.74, 6) is 2.47. The molecule has 2 aliphatic heterocycles. The van der Waals surface area contributed by atoms with Crippen molar-refractivity contribution in [1.82, 2.24) is 9.80 Å². The number of amides is 2. The Bertz CT molecular complexity index is 577. The van der Waals surface area contributed by atoms with Crippen molar-refractivity contribution >= 4 is 11.8 Å². The minimum atomic E-state index is 0.439. The predicted octanol–water partition coefficient (Wildman–Crippen LogP) is 7.25. The van der Waals surface area contributed by atoms with Crippen molar-refractivity contribution < 1.29 is 9.59 Å².